The van der Waals surface area contributed by atoms with Crippen molar-refractivity contribution in [3.8, 4) is 5.75 Å². The van der Waals surface area contributed by atoms with E-state index >= 15 is 0 Å². The Kier molecular flexibility index (Phi) is 8.84. The highest BCUT2D eigenvalue weighted by Crippen LogP contribution is 2.41. The molecule has 1 fully saturated rings. The second-order valence-corrected chi connectivity index (χ2v) is 13.1. The van der Waals surface area contributed by atoms with Gasteiger partial charge in [0.25, 0.3) is 5.91 Å². The molecular formula is C30H37ClN2O5S. The molecule has 2 heterocycles. The average Bonchev–Trinajstić information content (AvgIpc) is 2.92. The Balaban J connectivity index is 1.52. The number of hydrogen-bond donors (Lipinski definition) is 1. The first-order chi connectivity index (χ1) is 18.8. The Morgan fingerprint density at radius 2 is 1.95 bits per heavy atom. The van der Waals surface area contributed by atoms with Crippen LogP contribution in [0.25, 0.3) is 0 Å². The zero-order valence-corrected chi connectivity index (χ0v) is 24.0. The zero-order chi connectivity index (χ0) is 27.4. The van der Waals surface area contributed by atoms with E-state index in [1.165, 1.54) is 5.56 Å². The summed E-state index contributed by atoms with van der Waals surface area (Å²) in [7, 11) is -2.01. The summed E-state index contributed by atoms with van der Waals surface area (Å²) in [6.45, 7) is 2.00. The summed E-state index contributed by atoms with van der Waals surface area (Å²) in [4.78, 5) is 15.4. The summed E-state index contributed by atoms with van der Waals surface area (Å²) in [6, 6.07) is 11.1. The molecule has 2 aromatic carbocycles. The van der Waals surface area contributed by atoms with Gasteiger partial charge in [0.2, 0.25) is 10.0 Å². The van der Waals surface area contributed by atoms with E-state index in [1.54, 1.807) is 25.3 Å². The van der Waals surface area contributed by atoms with E-state index in [1.807, 2.05) is 24.3 Å². The molecule has 3 atom stereocenters. The van der Waals surface area contributed by atoms with E-state index in [0.717, 1.165) is 61.5 Å². The number of methoxy groups -OCH3 is 1. The van der Waals surface area contributed by atoms with Crippen molar-refractivity contribution in [1.82, 2.24) is 4.72 Å². The minimum absolute atomic E-state index is 0.00166. The molecule has 2 aromatic rings. The highest BCUT2D eigenvalue weighted by Gasteiger charge is 2.37. The number of rotatable bonds is 1. The summed E-state index contributed by atoms with van der Waals surface area (Å²) >= 11 is 6.30. The van der Waals surface area contributed by atoms with Crippen molar-refractivity contribution in [2.75, 3.05) is 30.9 Å². The lowest BCUT2D eigenvalue weighted by atomic mass is 9.70. The largest absolute Gasteiger partial charge is 0.487 e. The molecule has 1 N–H and O–H groups in total. The maximum Gasteiger partial charge on any atom is 0.264 e. The number of anilines is 1. The molecule has 3 aliphatic rings. The monoisotopic (exact) mass is 572 g/mol. The second kappa shape index (κ2) is 12.3. The second-order valence-electron chi connectivity index (χ2n) is 10.8. The van der Waals surface area contributed by atoms with Gasteiger partial charge in [0, 0.05) is 30.8 Å². The topological polar surface area (TPSA) is 84.9 Å². The van der Waals surface area contributed by atoms with Crippen molar-refractivity contribution in [2.45, 2.75) is 57.7 Å². The Bertz CT molecular complexity index is 1330. The van der Waals surface area contributed by atoms with Gasteiger partial charge in [0.1, 0.15) is 12.4 Å². The van der Waals surface area contributed by atoms with Crippen LogP contribution in [0.15, 0.2) is 48.6 Å². The van der Waals surface area contributed by atoms with E-state index in [4.69, 9.17) is 21.1 Å². The number of sulfonamides is 1. The SMILES string of the molecule is CO[C@@H]1/C=C/CCCS(=O)(=O)NC(=O)c2ccc3c(c2)N(CCCCc2cc(Cl)ccc2CO3)C[C@@H]2CC[C@H]21. The van der Waals surface area contributed by atoms with Gasteiger partial charge >= 0.3 is 0 Å². The molecule has 2 bridgehead atoms. The normalized spacial score (nSPS) is 26.5. The Morgan fingerprint density at radius 3 is 2.74 bits per heavy atom. The number of nitrogens with one attached hydrogen (secondary N) is 1. The number of aryl methyl sites for hydroxylation is 1. The molecular weight excluding hydrogens is 536 g/mol. The first-order valence-electron chi connectivity index (χ1n) is 13.9. The third-order valence-electron chi connectivity index (χ3n) is 8.22. The maximum atomic E-state index is 13.1. The molecule has 0 spiro atoms. The fourth-order valence-electron chi connectivity index (χ4n) is 5.89. The van der Waals surface area contributed by atoms with E-state index in [9.17, 15) is 13.2 Å². The smallest absolute Gasteiger partial charge is 0.264 e. The van der Waals surface area contributed by atoms with Crippen LogP contribution in [0.4, 0.5) is 5.69 Å². The lowest BCUT2D eigenvalue weighted by Gasteiger charge is -2.43. The van der Waals surface area contributed by atoms with Crippen LogP contribution in [-0.2, 0) is 27.8 Å². The van der Waals surface area contributed by atoms with Crippen LogP contribution < -0.4 is 14.4 Å². The van der Waals surface area contributed by atoms with Gasteiger partial charge in [-0.15, -0.1) is 0 Å². The molecule has 0 unspecified atom stereocenters. The Hall–Kier alpha value is -2.55. The number of benzene rings is 2. The number of ether oxygens (including phenoxy) is 2. The van der Waals surface area contributed by atoms with E-state index < -0.39 is 15.9 Å². The van der Waals surface area contributed by atoms with Crippen molar-refractivity contribution in [2.24, 2.45) is 11.8 Å². The van der Waals surface area contributed by atoms with Crippen LogP contribution in [-0.4, -0.2) is 46.4 Å². The summed E-state index contributed by atoms with van der Waals surface area (Å²) in [5, 5.41) is 0.720. The number of fused-ring (bicyclic) bond motifs is 3. The maximum absolute atomic E-state index is 13.1. The van der Waals surface area contributed by atoms with Gasteiger partial charge < -0.3 is 14.4 Å². The molecule has 1 amide bonds. The van der Waals surface area contributed by atoms with Crippen molar-refractivity contribution >= 4 is 33.2 Å². The quantitative estimate of drug-likeness (QED) is 0.453. The van der Waals surface area contributed by atoms with E-state index in [-0.39, 0.29) is 11.9 Å². The molecule has 39 heavy (non-hydrogen) atoms. The number of hydrogen-bond acceptors (Lipinski definition) is 6. The molecule has 0 radical (unpaired) electrons. The number of allylic oxidation sites excluding steroid dienone is 1. The Labute approximate surface area is 236 Å². The van der Waals surface area contributed by atoms with E-state index in [0.29, 0.717) is 42.6 Å². The molecule has 5 rings (SSSR count). The van der Waals surface area contributed by atoms with Crippen molar-refractivity contribution in [1.29, 1.82) is 0 Å². The van der Waals surface area contributed by atoms with Gasteiger partial charge in [-0.05, 0) is 98.2 Å². The minimum atomic E-state index is -3.76. The first-order valence-corrected chi connectivity index (χ1v) is 15.9. The van der Waals surface area contributed by atoms with Gasteiger partial charge in [-0.1, -0.05) is 29.8 Å². The highest BCUT2D eigenvalue weighted by molar-refractivity contribution is 7.90. The summed E-state index contributed by atoms with van der Waals surface area (Å²) in [6.07, 6.45) is 10.2. The lowest BCUT2D eigenvalue weighted by Crippen LogP contribution is -2.44. The molecule has 0 saturated heterocycles. The molecule has 7 nitrogen and oxygen atoms in total. The zero-order valence-electron chi connectivity index (χ0n) is 22.4. The summed E-state index contributed by atoms with van der Waals surface area (Å²) < 4.78 is 39.8. The molecule has 210 valence electrons. The van der Waals surface area contributed by atoms with Gasteiger partial charge in [-0.3, -0.25) is 4.79 Å². The molecule has 1 aliphatic carbocycles. The minimum Gasteiger partial charge on any atom is -0.487 e. The number of carbonyl (C=O) groups is 1. The fourth-order valence-corrected chi connectivity index (χ4v) is 7.13. The van der Waals surface area contributed by atoms with Gasteiger partial charge in [0.15, 0.2) is 0 Å². The Morgan fingerprint density at radius 1 is 1.08 bits per heavy atom. The predicted molar refractivity (Wildman–Crippen MR) is 154 cm³/mol. The fraction of sp³-hybridized carbons (Fsp3) is 0.500. The average molecular weight is 573 g/mol. The summed E-state index contributed by atoms with van der Waals surface area (Å²) in [5.74, 6) is 0.784. The van der Waals surface area contributed by atoms with Gasteiger partial charge in [0.05, 0.1) is 17.5 Å². The van der Waals surface area contributed by atoms with Crippen molar-refractivity contribution in [3.05, 3.63) is 70.3 Å². The third kappa shape index (κ3) is 6.79. The molecule has 0 aromatic heterocycles. The van der Waals surface area contributed by atoms with Crippen molar-refractivity contribution < 1.29 is 22.7 Å². The van der Waals surface area contributed by atoms with Crippen LogP contribution in [0.3, 0.4) is 0 Å². The highest BCUT2D eigenvalue weighted by atomic mass is 35.5. The first kappa shape index (κ1) is 28.0. The molecule has 2 aliphatic heterocycles. The van der Waals surface area contributed by atoms with Crippen LogP contribution in [0.1, 0.15) is 60.0 Å². The van der Waals surface area contributed by atoms with E-state index in [2.05, 4.69) is 15.7 Å². The number of nitrogens with zero attached hydrogens (tertiary/aromatic N) is 1. The van der Waals surface area contributed by atoms with Crippen molar-refractivity contribution in [3.63, 3.8) is 0 Å². The number of amides is 1. The lowest BCUT2D eigenvalue weighted by molar-refractivity contribution is 0.0135. The van der Waals surface area contributed by atoms with Gasteiger partial charge in [-0.25, -0.2) is 13.1 Å². The standard InChI is InChI=1S/C30H37ClN2O5S/c1-37-28-8-3-2-6-16-39(35,36)32-30(34)22-11-14-29-27(18-22)33(19-23-10-13-26(23)28)15-5-4-7-21-17-25(31)12-9-24(21)20-38-29/h3,8-9,11-12,14,17-18,23,26,28H,2,4-7,10,13,15-16,19-20H2,1H3,(H,32,34)/b8-3+/t23-,26+,28+/m0/s1. The van der Waals surface area contributed by atoms with Crippen LogP contribution >= 0.6 is 11.6 Å². The van der Waals surface area contributed by atoms with Crippen LogP contribution in [0, 0.1) is 11.8 Å². The third-order valence-corrected chi connectivity index (χ3v) is 9.78. The van der Waals surface area contributed by atoms with Crippen LogP contribution in [0.2, 0.25) is 5.02 Å². The van der Waals surface area contributed by atoms with Crippen LogP contribution in [0.5, 0.6) is 5.75 Å². The summed E-state index contributed by atoms with van der Waals surface area (Å²) in [5.41, 5.74) is 3.41. The number of carbonyl (C=O) groups excluding carboxylic acids is 1. The van der Waals surface area contributed by atoms with Gasteiger partial charge in [-0.2, -0.15) is 0 Å². The molecule has 9 heteroatoms. The predicted octanol–water partition coefficient (Wildman–Crippen LogP) is 5.51. The number of halogens is 1. The molecule has 1 saturated carbocycles.